The molecule has 0 unspecified atom stereocenters. The first kappa shape index (κ1) is 8.48. The summed E-state index contributed by atoms with van der Waals surface area (Å²) in [5.74, 6) is 0.920. The Balaban J connectivity index is 2.24. The van der Waals surface area contributed by atoms with E-state index in [0.717, 1.165) is 18.8 Å². The molecule has 3 nitrogen and oxygen atoms in total. The van der Waals surface area contributed by atoms with Crippen LogP contribution in [-0.2, 0) is 12.8 Å². The Hall–Kier alpha value is -1.12. The van der Waals surface area contributed by atoms with Gasteiger partial charge < -0.3 is 5.32 Å². The molecule has 1 aliphatic rings. The van der Waals surface area contributed by atoms with E-state index in [2.05, 4.69) is 28.5 Å². The van der Waals surface area contributed by atoms with Crippen LogP contribution in [0.4, 0.5) is 5.82 Å². The Morgan fingerprint density at radius 3 is 3.00 bits per heavy atom. The smallest absolute Gasteiger partial charge is 0.148 e. The molecule has 0 saturated carbocycles. The monoisotopic (exact) mass is 177 g/mol. The van der Waals surface area contributed by atoms with Crippen molar-refractivity contribution in [2.75, 3.05) is 11.9 Å². The number of aromatic nitrogens is 2. The molecule has 0 atom stereocenters. The van der Waals surface area contributed by atoms with Gasteiger partial charge in [0.15, 0.2) is 0 Å². The number of fused-ring (bicyclic) bond motifs is 1. The molecule has 1 aliphatic carbocycles. The number of hydrogen-bond acceptors (Lipinski definition) is 3. The minimum Gasteiger partial charge on any atom is -0.369 e. The maximum absolute atomic E-state index is 4.23. The molecular formula is C10H15N3. The molecule has 1 aromatic heterocycles. The summed E-state index contributed by atoms with van der Waals surface area (Å²) in [6, 6.07) is 2.14. The molecular weight excluding hydrogens is 162 g/mol. The molecule has 0 amide bonds. The zero-order valence-electron chi connectivity index (χ0n) is 8.01. The molecule has 0 aliphatic heterocycles. The van der Waals surface area contributed by atoms with Crippen LogP contribution in [0.5, 0.6) is 0 Å². The van der Waals surface area contributed by atoms with Crippen LogP contribution in [0.15, 0.2) is 6.07 Å². The van der Waals surface area contributed by atoms with Gasteiger partial charge in [0.2, 0.25) is 0 Å². The highest BCUT2D eigenvalue weighted by atomic mass is 15.2. The zero-order valence-corrected chi connectivity index (χ0v) is 8.01. The second-order valence-electron chi connectivity index (χ2n) is 3.44. The van der Waals surface area contributed by atoms with Gasteiger partial charge in [-0.25, -0.2) is 0 Å². The van der Waals surface area contributed by atoms with E-state index in [1.54, 1.807) is 0 Å². The first-order valence-corrected chi connectivity index (χ1v) is 4.99. The third kappa shape index (κ3) is 1.79. The minimum atomic E-state index is 0.910. The molecule has 3 heteroatoms. The quantitative estimate of drug-likeness (QED) is 0.748. The maximum atomic E-state index is 4.23. The minimum absolute atomic E-state index is 0.910. The van der Waals surface area contributed by atoms with Gasteiger partial charge in [-0.2, -0.15) is 5.10 Å². The van der Waals surface area contributed by atoms with E-state index < -0.39 is 0 Å². The van der Waals surface area contributed by atoms with Crippen LogP contribution in [0.3, 0.4) is 0 Å². The SMILES string of the molecule is CCNc1cc2c(nn1)CCCC2. The fourth-order valence-corrected chi connectivity index (χ4v) is 1.76. The van der Waals surface area contributed by atoms with E-state index in [1.807, 2.05) is 0 Å². The summed E-state index contributed by atoms with van der Waals surface area (Å²) in [5, 5.41) is 11.5. The van der Waals surface area contributed by atoms with Crippen molar-refractivity contribution in [3.8, 4) is 0 Å². The van der Waals surface area contributed by atoms with Crippen LogP contribution in [0.2, 0.25) is 0 Å². The van der Waals surface area contributed by atoms with Crippen molar-refractivity contribution in [1.29, 1.82) is 0 Å². The highest BCUT2D eigenvalue weighted by molar-refractivity contribution is 5.38. The van der Waals surface area contributed by atoms with E-state index in [4.69, 9.17) is 0 Å². The van der Waals surface area contributed by atoms with Crippen LogP contribution in [-0.4, -0.2) is 16.7 Å². The molecule has 0 fully saturated rings. The molecule has 1 N–H and O–H groups in total. The Morgan fingerprint density at radius 1 is 1.31 bits per heavy atom. The molecule has 0 spiro atoms. The molecule has 1 heterocycles. The van der Waals surface area contributed by atoms with Crippen LogP contribution in [0.25, 0.3) is 0 Å². The van der Waals surface area contributed by atoms with Gasteiger partial charge in [-0.3, -0.25) is 0 Å². The first-order valence-electron chi connectivity index (χ1n) is 4.99. The lowest BCUT2D eigenvalue weighted by molar-refractivity contribution is 0.655. The molecule has 0 aromatic carbocycles. The number of aryl methyl sites for hydroxylation is 2. The van der Waals surface area contributed by atoms with Gasteiger partial charge in [-0.1, -0.05) is 0 Å². The highest BCUT2D eigenvalue weighted by Gasteiger charge is 2.11. The summed E-state index contributed by atoms with van der Waals surface area (Å²) in [5.41, 5.74) is 2.59. The summed E-state index contributed by atoms with van der Waals surface area (Å²) in [7, 11) is 0. The van der Waals surface area contributed by atoms with Gasteiger partial charge in [-0.15, -0.1) is 5.10 Å². The predicted molar refractivity (Wildman–Crippen MR) is 52.8 cm³/mol. The second kappa shape index (κ2) is 3.73. The van der Waals surface area contributed by atoms with Crippen molar-refractivity contribution in [1.82, 2.24) is 10.2 Å². The van der Waals surface area contributed by atoms with E-state index >= 15 is 0 Å². The normalized spacial score (nSPS) is 15.2. The van der Waals surface area contributed by atoms with E-state index in [1.165, 1.54) is 30.5 Å². The van der Waals surface area contributed by atoms with Crippen LogP contribution >= 0.6 is 0 Å². The Kier molecular flexibility index (Phi) is 2.43. The fourth-order valence-electron chi connectivity index (χ4n) is 1.76. The Bertz CT molecular complexity index is 296. The molecule has 1 aromatic rings. The van der Waals surface area contributed by atoms with E-state index in [9.17, 15) is 0 Å². The number of rotatable bonds is 2. The zero-order chi connectivity index (χ0) is 9.10. The summed E-state index contributed by atoms with van der Waals surface area (Å²) in [6.07, 6.45) is 4.84. The van der Waals surface area contributed by atoms with Crippen molar-refractivity contribution >= 4 is 5.82 Å². The second-order valence-corrected chi connectivity index (χ2v) is 3.44. The Morgan fingerprint density at radius 2 is 2.15 bits per heavy atom. The number of nitrogens with one attached hydrogen (secondary N) is 1. The third-order valence-corrected chi connectivity index (χ3v) is 2.43. The maximum Gasteiger partial charge on any atom is 0.148 e. The molecule has 0 saturated heterocycles. The predicted octanol–water partition coefficient (Wildman–Crippen LogP) is 1.79. The fraction of sp³-hybridized carbons (Fsp3) is 0.600. The van der Waals surface area contributed by atoms with Gasteiger partial charge in [0.1, 0.15) is 5.82 Å². The van der Waals surface area contributed by atoms with Crippen molar-refractivity contribution < 1.29 is 0 Å². The lowest BCUT2D eigenvalue weighted by Gasteiger charge is -2.14. The number of anilines is 1. The van der Waals surface area contributed by atoms with E-state index in [-0.39, 0.29) is 0 Å². The average Bonchev–Trinajstić information content (AvgIpc) is 2.18. The van der Waals surface area contributed by atoms with Crippen LogP contribution < -0.4 is 5.32 Å². The van der Waals surface area contributed by atoms with Crippen LogP contribution in [0.1, 0.15) is 31.0 Å². The standard InChI is InChI=1S/C10H15N3/c1-2-11-10-7-8-5-3-4-6-9(8)12-13-10/h7H,2-6H2,1H3,(H,11,13). The first-order chi connectivity index (χ1) is 6.40. The van der Waals surface area contributed by atoms with Crippen molar-refractivity contribution in [3.05, 3.63) is 17.3 Å². The summed E-state index contributed by atoms with van der Waals surface area (Å²) in [4.78, 5) is 0. The lowest BCUT2D eigenvalue weighted by Crippen LogP contribution is -2.09. The third-order valence-electron chi connectivity index (χ3n) is 2.43. The van der Waals surface area contributed by atoms with Crippen molar-refractivity contribution in [2.45, 2.75) is 32.6 Å². The summed E-state index contributed by atoms with van der Waals surface area (Å²) < 4.78 is 0. The molecule has 70 valence electrons. The average molecular weight is 177 g/mol. The van der Waals surface area contributed by atoms with Gasteiger partial charge >= 0.3 is 0 Å². The van der Waals surface area contributed by atoms with Crippen molar-refractivity contribution in [3.63, 3.8) is 0 Å². The largest absolute Gasteiger partial charge is 0.369 e. The molecule has 0 bridgehead atoms. The van der Waals surface area contributed by atoms with Crippen LogP contribution in [0, 0.1) is 0 Å². The van der Waals surface area contributed by atoms with Gasteiger partial charge in [-0.05, 0) is 44.2 Å². The molecule has 0 radical (unpaired) electrons. The highest BCUT2D eigenvalue weighted by Crippen LogP contribution is 2.20. The molecule has 13 heavy (non-hydrogen) atoms. The number of nitrogens with zero attached hydrogens (tertiary/aromatic N) is 2. The molecule has 2 rings (SSSR count). The lowest BCUT2D eigenvalue weighted by atomic mass is 9.97. The van der Waals surface area contributed by atoms with Gasteiger partial charge in [0.05, 0.1) is 5.69 Å². The topological polar surface area (TPSA) is 37.8 Å². The van der Waals surface area contributed by atoms with E-state index in [0.29, 0.717) is 0 Å². The number of hydrogen-bond donors (Lipinski definition) is 1. The van der Waals surface area contributed by atoms with Crippen molar-refractivity contribution in [2.24, 2.45) is 0 Å². The summed E-state index contributed by atoms with van der Waals surface area (Å²) in [6.45, 7) is 2.98. The van der Waals surface area contributed by atoms with Gasteiger partial charge in [0, 0.05) is 6.54 Å². The Labute approximate surface area is 78.6 Å². The van der Waals surface area contributed by atoms with Gasteiger partial charge in [0.25, 0.3) is 0 Å². The summed E-state index contributed by atoms with van der Waals surface area (Å²) >= 11 is 0.